The Hall–Kier alpha value is -1.88. The molecule has 2 aliphatic heterocycles. The molecule has 3 unspecified atom stereocenters. The molecule has 3 nitrogen and oxygen atoms in total. The molecular formula is C18H18FN3S. The molecule has 5 heteroatoms. The van der Waals surface area contributed by atoms with Crippen LogP contribution in [-0.4, -0.2) is 26.8 Å². The fourth-order valence-corrected chi connectivity index (χ4v) is 4.71. The Bertz CT molecular complexity index is 717. The van der Waals surface area contributed by atoms with Gasteiger partial charge in [-0.15, -0.1) is 0 Å². The molecule has 0 bridgehead atoms. The van der Waals surface area contributed by atoms with Crippen molar-refractivity contribution in [2.24, 2.45) is 4.99 Å². The number of hydrogen-bond donors (Lipinski definition) is 0. The molecule has 1 saturated heterocycles. The summed E-state index contributed by atoms with van der Waals surface area (Å²) in [5.41, 5.74) is 2.07. The molecule has 0 amide bonds. The largest absolute Gasteiger partial charge is 0.338 e. The molecule has 2 aromatic rings. The first-order chi connectivity index (χ1) is 11.3. The second-order valence-corrected chi connectivity index (χ2v) is 6.88. The number of benzene rings is 1. The van der Waals surface area contributed by atoms with Gasteiger partial charge < -0.3 is 4.90 Å². The van der Waals surface area contributed by atoms with E-state index >= 15 is 0 Å². The van der Waals surface area contributed by atoms with Crippen LogP contribution in [0.2, 0.25) is 0 Å². The molecule has 0 saturated carbocycles. The zero-order valence-electron chi connectivity index (χ0n) is 12.9. The maximum atomic E-state index is 13.3. The van der Waals surface area contributed by atoms with Crippen molar-refractivity contribution < 1.29 is 4.39 Å². The van der Waals surface area contributed by atoms with Gasteiger partial charge in [0.05, 0.1) is 11.7 Å². The minimum Gasteiger partial charge on any atom is -0.338 e. The van der Waals surface area contributed by atoms with Crippen molar-refractivity contribution in [2.75, 3.05) is 5.75 Å². The standard InChI is InChI=1S/C18H18FN3S/c1-2-14-11-23-18-21-16(15-5-3-4-10-20-15)17(22(14)18)12-6-8-13(19)9-7-12/h3-10,14,16-17H,2,11H2,1H3. The lowest BCUT2D eigenvalue weighted by molar-refractivity contribution is 0.255. The SMILES string of the molecule is CCC1CSC2=NC(c3ccccn3)C(c3ccc(F)cc3)N21. The number of halogens is 1. The Balaban J connectivity index is 1.78. The molecule has 3 atom stereocenters. The van der Waals surface area contributed by atoms with E-state index in [1.165, 1.54) is 12.1 Å². The zero-order valence-corrected chi connectivity index (χ0v) is 13.7. The molecule has 2 aliphatic rings. The van der Waals surface area contributed by atoms with Crippen molar-refractivity contribution in [3.05, 3.63) is 65.7 Å². The number of amidine groups is 1. The van der Waals surface area contributed by atoms with Crippen LogP contribution >= 0.6 is 11.8 Å². The van der Waals surface area contributed by atoms with Crippen molar-refractivity contribution in [3.8, 4) is 0 Å². The molecule has 23 heavy (non-hydrogen) atoms. The molecule has 4 rings (SSSR count). The summed E-state index contributed by atoms with van der Waals surface area (Å²) >= 11 is 1.82. The number of rotatable bonds is 3. The average Bonchev–Trinajstić information content (AvgIpc) is 3.15. The number of hydrogen-bond acceptors (Lipinski definition) is 4. The van der Waals surface area contributed by atoms with Crippen LogP contribution in [-0.2, 0) is 0 Å². The normalized spacial score (nSPS) is 26.3. The van der Waals surface area contributed by atoms with Gasteiger partial charge in [0.15, 0.2) is 5.17 Å². The monoisotopic (exact) mass is 327 g/mol. The van der Waals surface area contributed by atoms with Crippen LogP contribution in [0.1, 0.15) is 36.7 Å². The molecule has 1 aromatic carbocycles. The molecule has 3 heterocycles. The van der Waals surface area contributed by atoms with Crippen LogP contribution in [0.4, 0.5) is 4.39 Å². The predicted octanol–water partition coefficient (Wildman–Crippen LogP) is 4.20. The van der Waals surface area contributed by atoms with E-state index in [1.54, 1.807) is 0 Å². The summed E-state index contributed by atoms with van der Waals surface area (Å²) in [6.07, 6.45) is 2.89. The maximum absolute atomic E-state index is 13.3. The van der Waals surface area contributed by atoms with Crippen molar-refractivity contribution in [1.82, 2.24) is 9.88 Å². The highest BCUT2D eigenvalue weighted by atomic mass is 32.2. The summed E-state index contributed by atoms with van der Waals surface area (Å²) in [5.74, 6) is 0.868. The van der Waals surface area contributed by atoms with Gasteiger partial charge in [-0.25, -0.2) is 4.39 Å². The lowest BCUT2D eigenvalue weighted by atomic mass is 9.95. The van der Waals surface area contributed by atoms with Crippen LogP contribution in [0.5, 0.6) is 0 Å². The first-order valence-corrected chi connectivity index (χ1v) is 8.92. The van der Waals surface area contributed by atoms with E-state index in [0.717, 1.165) is 28.6 Å². The summed E-state index contributed by atoms with van der Waals surface area (Å²) in [6, 6.07) is 13.3. The highest BCUT2D eigenvalue weighted by Crippen LogP contribution is 2.48. The average molecular weight is 327 g/mol. The fraction of sp³-hybridized carbons (Fsp3) is 0.333. The lowest BCUT2D eigenvalue weighted by Gasteiger charge is -2.31. The van der Waals surface area contributed by atoms with Gasteiger partial charge in [-0.2, -0.15) is 0 Å². The van der Waals surface area contributed by atoms with Crippen molar-refractivity contribution in [2.45, 2.75) is 31.5 Å². The van der Waals surface area contributed by atoms with E-state index in [4.69, 9.17) is 4.99 Å². The first kappa shape index (κ1) is 14.7. The van der Waals surface area contributed by atoms with Crippen molar-refractivity contribution in [3.63, 3.8) is 0 Å². The van der Waals surface area contributed by atoms with E-state index < -0.39 is 0 Å². The van der Waals surface area contributed by atoms with E-state index in [-0.39, 0.29) is 17.9 Å². The van der Waals surface area contributed by atoms with Crippen LogP contribution in [0.3, 0.4) is 0 Å². The molecule has 1 aromatic heterocycles. The molecule has 1 fully saturated rings. The van der Waals surface area contributed by atoms with Gasteiger partial charge in [0.2, 0.25) is 0 Å². The molecule has 0 aliphatic carbocycles. The van der Waals surface area contributed by atoms with E-state index in [2.05, 4.69) is 16.8 Å². The smallest absolute Gasteiger partial charge is 0.160 e. The van der Waals surface area contributed by atoms with Gasteiger partial charge in [-0.05, 0) is 36.2 Å². The third-order valence-electron chi connectivity index (χ3n) is 4.54. The topological polar surface area (TPSA) is 28.5 Å². The maximum Gasteiger partial charge on any atom is 0.160 e. The lowest BCUT2D eigenvalue weighted by Crippen LogP contribution is -2.35. The summed E-state index contributed by atoms with van der Waals surface area (Å²) in [6.45, 7) is 2.21. The molecular weight excluding hydrogens is 309 g/mol. The Morgan fingerprint density at radius 1 is 1.22 bits per heavy atom. The third kappa shape index (κ3) is 2.53. The minimum absolute atomic E-state index is 0.0292. The summed E-state index contributed by atoms with van der Waals surface area (Å²) in [4.78, 5) is 11.9. The Morgan fingerprint density at radius 3 is 2.74 bits per heavy atom. The van der Waals surface area contributed by atoms with Crippen LogP contribution in [0.15, 0.2) is 53.7 Å². The quantitative estimate of drug-likeness (QED) is 0.846. The van der Waals surface area contributed by atoms with Gasteiger partial charge in [0.25, 0.3) is 0 Å². The number of aromatic nitrogens is 1. The summed E-state index contributed by atoms with van der Waals surface area (Å²) in [7, 11) is 0. The van der Waals surface area contributed by atoms with Gasteiger partial charge >= 0.3 is 0 Å². The Morgan fingerprint density at radius 2 is 2.04 bits per heavy atom. The number of nitrogens with zero attached hydrogens (tertiary/aromatic N) is 3. The summed E-state index contributed by atoms with van der Waals surface area (Å²) in [5, 5.41) is 1.10. The summed E-state index contributed by atoms with van der Waals surface area (Å²) < 4.78 is 13.3. The van der Waals surface area contributed by atoms with Gasteiger partial charge in [0, 0.05) is 18.0 Å². The van der Waals surface area contributed by atoms with Gasteiger partial charge in [-0.1, -0.05) is 36.9 Å². The van der Waals surface area contributed by atoms with E-state index in [9.17, 15) is 4.39 Å². The van der Waals surface area contributed by atoms with Crippen molar-refractivity contribution >= 4 is 16.9 Å². The Kier molecular flexibility index (Phi) is 3.81. The highest BCUT2D eigenvalue weighted by molar-refractivity contribution is 8.14. The Labute approximate surface area is 139 Å². The van der Waals surface area contributed by atoms with Crippen LogP contribution in [0.25, 0.3) is 0 Å². The number of thioether (sulfide) groups is 1. The van der Waals surface area contributed by atoms with E-state index in [0.29, 0.717) is 6.04 Å². The molecule has 118 valence electrons. The van der Waals surface area contributed by atoms with Crippen molar-refractivity contribution in [1.29, 1.82) is 0 Å². The number of pyridine rings is 1. The van der Waals surface area contributed by atoms with Gasteiger partial charge in [0.1, 0.15) is 11.9 Å². The number of aliphatic imine (C=N–C) groups is 1. The van der Waals surface area contributed by atoms with Crippen LogP contribution in [0, 0.1) is 5.82 Å². The minimum atomic E-state index is -0.204. The first-order valence-electron chi connectivity index (χ1n) is 7.93. The number of fused-ring (bicyclic) bond motifs is 1. The van der Waals surface area contributed by atoms with Crippen LogP contribution < -0.4 is 0 Å². The molecule has 0 N–H and O–H groups in total. The van der Waals surface area contributed by atoms with Gasteiger partial charge in [-0.3, -0.25) is 9.98 Å². The highest BCUT2D eigenvalue weighted by Gasteiger charge is 2.45. The molecule has 0 spiro atoms. The zero-order chi connectivity index (χ0) is 15.8. The second kappa shape index (κ2) is 5.96. The third-order valence-corrected chi connectivity index (χ3v) is 5.67. The molecule has 0 radical (unpaired) electrons. The fourth-order valence-electron chi connectivity index (χ4n) is 3.37. The predicted molar refractivity (Wildman–Crippen MR) is 91.9 cm³/mol. The second-order valence-electron chi connectivity index (χ2n) is 5.89. The van der Waals surface area contributed by atoms with E-state index in [1.807, 2.05) is 48.3 Å².